The van der Waals surface area contributed by atoms with Gasteiger partial charge in [-0.1, -0.05) is 12.1 Å². The van der Waals surface area contributed by atoms with E-state index >= 15 is 0 Å². The van der Waals surface area contributed by atoms with Gasteiger partial charge in [-0.15, -0.1) is 0 Å². The molecule has 3 aromatic rings. The van der Waals surface area contributed by atoms with Crippen LogP contribution in [0.5, 0.6) is 0 Å². The number of carboxylic acid groups (broad SMARTS) is 2. The fourth-order valence-electron chi connectivity index (χ4n) is 5.40. The predicted octanol–water partition coefficient (Wildman–Crippen LogP) is 2.28. The van der Waals surface area contributed by atoms with E-state index in [9.17, 15) is 24.6 Å². The molecule has 8 nitrogen and oxygen atoms in total. The van der Waals surface area contributed by atoms with Crippen LogP contribution in [0.2, 0.25) is 0 Å². The summed E-state index contributed by atoms with van der Waals surface area (Å²) in [5.41, 5.74) is 2.49. The molecule has 2 bridgehead atoms. The molecule has 4 heterocycles. The summed E-state index contributed by atoms with van der Waals surface area (Å²) in [7, 11) is 1.80. The molecule has 31 heavy (non-hydrogen) atoms. The number of rotatable bonds is 4. The van der Waals surface area contributed by atoms with Crippen LogP contribution in [-0.4, -0.2) is 49.3 Å². The van der Waals surface area contributed by atoms with Gasteiger partial charge in [-0.05, 0) is 30.5 Å². The van der Waals surface area contributed by atoms with Gasteiger partial charge in [0.15, 0.2) is 0 Å². The molecule has 3 unspecified atom stereocenters. The molecule has 0 spiro atoms. The topological polar surface area (TPSA) is 105 Å². The summed E-state index contributed by atoms with van der Waals surface area (Å²) in [6, 6.07) is 9.26. The van der Waals surface area contributed by atoms with Gasteiger partial charge in [0.2, 0.25) is 0 Å². The Labute approximate surface area is 177 Å². The number of aliphatic carboxylic acids is 1. The Morgan fingerprint density at radius 1 is 1.10 bits per heavy atom. The van der Waals surface area contributed by atoms with E-state index in [2.05, 4.69) is 0 Å². The van der Waals surface area contributed by atoms with Crippen molar-refractivity contribution in [2.24, 2.45) is 13.0 Å². The van der Waals surface area contributed by atoms with E-state index in [-0.39, 0.29) is 23.0 Å². The van der Waals surface area contributed by atoms with E-state index in [0.29, 0.717) is 30.7 Å². The van der Waals surface area contributed by atoms with Crippen molar-refractivity contribution in [3.8, 4) is 0 Å². The number of carbonyl (C=O) groups is 2. The number of pyridine rings is 1. The third-order valence-corrected chi connectivity index (χ3v) is 6.67. The predicted molar refractivity (Wildman–Crippen MR) is 113 cm³/mol. The monoisotopic (exact) mass is 421 g/mol. The van der Waals surface area contributed by atoms with Crippen LogP contribution in [0.15, 0.2) is 47.4 Å². The highest BCUT2D eigenvalue weighted by Crippen LogP contribution is 2.40. The van der Waals surface area contributed by atoms with E-state index in [1.165, 1.54) is 6.07 Å². The van der Waals surface area contributed by atoms with Crippen LogP contribution in [0.25, 0.3) is 10.9 Å². The molecule has 2 aliphatic rings. The van der Waals surface area contributed by atoms with Gasteiger partial charge in [0.05, 0.1) is 5.56 Å². The zero-order valence-corrected chi connectivity index (χ0v) is 17.1. The molecular weight excluding hydrogens is 398 g/mol. The standard InChI is InChI=1S/C23H23N3O5/c1-24-12-17(16-6-5-14(22(28)29)8-19(16)24)21(23(30)31)25-9-13-7-15(11-25)18-3-2-4-20(27)26(18)10-13/h2-6,8,12-13,15,21H,7,9-11H2,1H3,(H,28,29)(H,30,31). The van der Waals surface area contributed by atoms with Crippen molar-refractivity contribution in [3.63, 3.8) is 0 Å². The van der Waals surface area contributed by atoms with E-state index in [1.54, 1.807) is 42.1 Å². The Kier molecular flexibility index (Phi) is 4.48. The fourth-order valence-corrected chi connectivity index (χ4v) is 5.40. The first kappa shape index (κ1) is 19.6. The molecule has 1 saturated heterocycles. The van der Waals surface area contributed by atoms with Gasteiger partial charge in [-0.25, -0.2) is 4.79 Å². The van der Waals surface area contributed by atoms with Crippen molar-refractivity contribution in [2.45, 2.75) is 24.9 Å². The average Bonchev–Trinajstić information content (AvgIpc) is 3.04. The number of likely N-dealkylation sites (tertiary alicyclic amines) is 1. The molecule has 0 saturated carbocycles. The molecule has 0 aliphatic carbocycles. The molecule has 0 radical (unpaired) electrons. The van der Waals surface area contributed by atoms with E-state index < -0.39 is 18.0 Å². The SMILES string of the molecule is Cn1cc(C(C(=O)O)N2CC3CC(C2)c2cccc(=O)n2C3)c2ccc(C(=O)O)cc21. The number of fused-ring (bicyclic) bond motifs is 5. The lowest BCUT2D eigenvalue weighted by Crippen LogP contribution is -2.49. The van der Waals surface area contributed by atoms with Gasteiger partial charge in [-0.2, -0.15) is 0 Å². The Morgan fingerprint density at radius 3 is 2.65 bits per heavy atom. The van der Waals surface area contributed by atoms with Crippen molar-refractivity contribution in [1.29, 1.82) is 0 Å². The van der Waals surface area contributed by atoms with Crippen molar-refractivity contribution in [1.82, 2.24) is 14.0 Å². The highest BCUT2D eigenvalue weighted by atomic mass is 16.4. The second-order valence-electron chi connectivity index (χ2n) is 8.63. The van der Waals surface area contributed by atoms with E-state index in [0.717, 1.165) is 17.5 Å². The van der Waals surface area contributed by atoms with Gasteiger partial charge in [0, 0.05) is 67.0 Å². The summed E-state index contributed by atoms with van der Waals surface area (Å²) < 4.78 is 3.62. The van der Waals surface area contributed by atoms with Crippen LogP contribution >= 0.6 is 0 Å². The van der Waals surface area contributed by atoms with Gasteiger partial charge in [-0.3, -0.25) is 14.5 Å². The maximum atomic E-state index is 12.4. The number of carboxylic acids is 2. The maximum Gasteiger partial charge on any atom is 0.335 e. The Balaban J connectivity index is 1.55. The smallest absolute Gasteiger partial charge is 0.335 e. The molecule has 160 valence electrons. The quantitative estimate of drug-likeness (QED) is 0.670. The van der Waals surface area contributed by atoms with Gasteiger partial charge >= 0.3 is 11.9 Å². The van der Waals surface area contributed by atoms with Crippen LogP contribution in [0.4, 0.5) is 0 Å². The van der Waals surface area contributed by atoms with Crippen LogP contribution in [0.1, 0.15) is 40.0 Å². The minimum Gasteiger partial charge on any atom is -0.480 e. The van der Waals surface area contributed by atoms with Gasteiger partial charge < -0.3 is 19.3 Å². The molecular formula is C23H23N3O5. The summed E-state index contributed by atoms with van der Waals surface area (Å²) in [5, 5.41) is 20.2. The lowest BCUT2D eigenvalue weighted by atomic mass is 9.82. The highest BCUT2D eigenvalue weighted by Gasteiger charge is 2.40. The third-order valence-electron chi connectivity index (χ3n) is 6.67. The molecule has 8 heteroatoms. The van der Waals surface area contributed by atoms with Crippen molar-refractivity contribution < 1.29 is 19.8 Å². The number of aromatic carboxylic acids is 1. The first-order valence-electron chi connectivity index (χ1n) is 10.3. The Hall–Kier alpha value is -3.39. The summed E-state index contributed by atoms with van der Waals surface area (Å²) >= 11 is 0. The van der Waals surface area contributed by atoms with E-state index in [1.807, 2.05) is 15.5 Å². The van der Waals surface area contributed by atoms with E-state index in [4.69, 9.17) is 0 Å². The number of hydrogen-bond acceptors (Lipinski definition) is 4. The third kappa shape index (κ3) is 3.14. The highest BCUT2D eigenvalue weighted by molar-refractivity contribution is 5.96. The Bertz CT molecular complexity index is 1270. The van der Waals surface area contributed by atoms with Crippen molar-refractivity contribution in [2.75, 3.05) is 13.1 Å². The molecule has 2 aromatic heterocycles. The van der Waals surface area contributed by atoms with Crippen LogP contribution in [0.3, 0.4) is 0 Å². The minimum atomic E-state index is -1.02. The number of hydrogen-bond donors (Lipinski definition) is 2. The second-order valence-corrected chi connectivity index (χ2v) is 8.63. The normalized spacial score (nSPS) is 21.6. The maximum absolute atomic E-state index is 12.4. The summed E-state index contributed by atoms with van der Waals surface area (Å²) in [6.07, 6.45) is 2.74. The molecule has 0 amide bonds. The van der Waals surface area contributed by atoms with Crippen LogP contribution < -0.4 is 5.56 Å². The average molecular weight is 421 g/mol. The molecule has 2 N–H and O–H groups in total. The van der Waals surface area contributed by atoms with Crippen molar-refractivity contribution in [3.05, 3.63) is 69.8 Å². The van der Waals surface area contributed by atoms with Crippen molar-refractivity contribution >= 4 is 22.8 Å². The minimum absolute atomic E-state index is 0.00118. The summed E-state index contributed by atoms with van der Waals surface area (Å²) in [4.78, 5) is 38.1. The lowest BCUT2D eigenvalue weighted by molar-refractivity contribution is -0.144. The number of nitrogens with zero attached hydrogens (tertiary/aromatic N) is 3. The van der Waals surface area contributed by atoms with Crippen LogP contribution in [-0.2, 0) is 18.4 Å². The molecule has 1 fully saturated rings. The molecule has 2 aliphatic heterocycles. The first-order chi connectivity index (χ1) is 14.8. The molecule has 5 rings (SSSR count). The molecule has 3 atom stereocenters. The number of benzene rings is 1. The first-order valence-corrected chi connectivity index (χ1v) is 10.3. The molecule has 1 aromatic carbocycles. The van der Waals surface area contributed by atoms with Gasteiger partial charge in [0.1, 0.15) is 6.04 Å². The zero-order chi connectivity index (χ0) is 21.9. The number of aryl methyl sites for hydroxylation is 1. The Morgan fingerprint density at radius 2 is 1.90 bits per heavy atom. The number of aromatic nitrogens is 2. The zero-order valence-electron chi connectivity index (χ0n) is 17.1. The largest absolute Gasteiger partial charge is 0.480 e. The van der Waals surface area contributed by atoms with Gasteiger partial charge in [0.25, 0.3) is 5.56 Å². The summed E-state index contributed by atoms with van der Waals surface area (Å²) in [6.45, 7) is 1.75. The second kappa shape index (κ2) is 7.09. The van der Waals surface area contributed by atoms with Crippen LogP contribution in [0, 0.1) is 5.92 Å². The lowest BCUT2D eigenvalue weighted by Gasteiger charge is -2.44. The fraction of sp³-hybridized carbons (Fsp3) is 0.348. The number of piperidine rings is 1. The summed E-state index contributed by atoms with van der Waals surface area (Å²) in [5.74, 6) is -1.63.